The molecule has 0 aliphatic rings. The molecule has 5 heteroatoms. The van der Waals surface area contributed by atoms with Gasteiger partial charge in [-0.3, -0.25) is 14.2 Å². The minimum Gasteiger partial charge on any atom is -0.324 e. The highest BCUT2D eigenvalue weighted by Crippen LogP contribution is 2.13. The lowest BCUT2D eigenvalue weighted by Crippen LogP contribution is -2.32. The average Bonchev–Trinajstić information content (AvgIpc) is 2.44. The highest BCUT2D eigenvalue weighted by Gasteiger charge is 2.12. The number of benzene rings is 1. The van der Waals surface area contributed by atoms with Crippen LogP contribution < -0.4 is 10.9 Å². The zero-order chi connectivity index (χ0) is 15.6. The summed E-state index contributed by atoms with van der Waals surface area (Å²) >= 11 is 0. The third-order valence-electron chi connectivity index (χ3n) is 3.55. The molecular weight excluding hydrogens is 266 g/mol. The number of aryl methyl sites for hydroxylation is 3. The maximum atomic E-state index is 12.2. The predicted molar refractivity (Wildman–Crippen MR) is 82.5 cm³/mol. The molecule has 21 heavy (non-hydrogen) atoms. The van der Waals surface area contributed by atoms with E-state index in [0.717, 1.165) is 11.3 Å². The van der Waals surface area contributed by atoms with Gasteiger partial charge in [-0.05, 0) is 39.3 Å². The first-order chi connectivity index (χ1) is 9.90. The molecule has 0 saturated carbocycles. The summed E-state index contributed by atoms with van der Waals surface area (Å²) in [6.07, 6.45) is 0. The Morgan fingerprint density at radius 3 is 2.52 bits per heavy atom. The van der Waals surface area contributed by atoms with Crippen molar-refractivity contribution in [1.82, 2.24) is 9.55 Å². The van der Waals surface area contributed by atoms with Gasteiger partial charge in [0.2, 0.25) is 5.91 Å². The minimum absolute atomic E-state index is 0.0346. The summed E-state index contributed by atoms with van der Waals surface area (Å²) in [6, 6.07) is 7.52. The van der Waals surface area contributed by atoms with Crippen LogP contribution in [0.2, 0.25) is 0 Å². The van der Waals surface area contributed by atoms with E-state index in [4.69, 9.17) is 0 Å². The molecule has 1 aromatic heterocycles. The van der Waals surface area contributed by atoms with Gasteiger partial charge in [0.1, 0.15) is 12.4 Å². The van der Waals surface area contributed by atoms with Gasteiger partial charge in [-0.2, -0.15) is 0 Å². The number of para-hydroxylation sites is 1. The van der Waals surface area contributed by atoms with Gasteiger partial charge in [-0.1, -0.05) is 18.2 Å². The lowest BCUT2D eigenvalue weighted by molar-refractivity contribution is -0.116. The number of carbonyl (C=O) groups is 1. The molecular formula is C16H19N3O2. The van der Waals surface area contributed by atoms with Crippen molar-refractivity contribution < 1.29 is 4.79 Å². The summed E-state index contributed by atoms with van der Waals surface area (Å²) in [5.41, 5.74) is 2.84. The first kappa shape index (κ1) is 15.0. The number of hydrogen-bond donors (Lipinski definition) is 1. The van der Waals surface area contributed by atoms with Gasteiger partial charge in [-0.25, -0.2) is 4.98 Å². The highest BCUT2D eigenvalue weighted by molar-refractivity contribution is 5.91. The summed E-state index contributed by atoms with van der Waals surface area (Å²) in [6.45, 7) is 7.13. The molecule has 1 heterocycles. The van der Waals surface area contributed by atoms with Crippen LogP contribution in [0.3, 0.4) is 0 Å². The topological polar surface area (TPSA) is 64.0 Å². The molecule has 0 spiro atoms. The van der Waals surface area contributed by atoms with E-state index in [-0.39, 0.29) is 18.0 Å². The summed E-state index contributed by atoms with van der Waals surface area (Å²) in [5, 5.41) is 2.82. The van der Waals surface area contributed by atoms with Gasteiger partial charge in [0.05, 0.1) is 0 Å². The number of carbonyl (C=O) groups excluding carboxylic acids is 1. The number of hydrogen-bond acceptors (Lipinski definition) is 3. The van der Waals surface area contributed by atoms with E-state index in [1.807, 2.05) is 31.2 Å². The quantitative estimate of drug-likeness (QED) is 0.939. The third-order valence-corrected chi connectivity index (χ3v) is 3.55. The van der Waals surface area contributed by atoms with Crippen molar-refractivity contribution in [3.8, 4) is 0 Å². The van der Waals surface area contributed by atoms with Crippen molar-refractivity contribution in [3.05, 3.63) is 57.3 Å². The summed E-state index contributed by atoms with van der Waals surface area (Å²) in [7, 11) is 0. The monoisotopic (exact) mass is 285 g/mol. The number of nitrogens with one attached hydrogen (secondary N) is 1. The van der Waals surface area contributed by atoms with Crippen molar-refractivity contribution in [2.24, 2.45) is 0 Å². The van der Waals surface area contributed by atoms with Crippen molar-refractivity contribution >= 4 is 11.6 Å². The summed E-state index contributed by atoms with van der Waals surface area (Å²) in [5.74, 6) is 0.308. The Balaban J connectivity index is 2.23. The second-order valence-corrected chi connectivity index (χ2v) is 5.12. The predicted octanol–water partition coefficient (Wildman–Crippen LogP) is 2.12. The van der Waals surface area contributed by atoms with Gasteiger partial charge in [0.15, 0.2) is 0 Å². The van der Waals surface area contributed by atoms with Crippen LogP contribution in [-0.2, 0) is 11.3 Å². The van der Waals surface area contributed by atoms with Crippen LogP contribution in [0.25, 0.3) is 0 Å². The number of amides is 1. The standard InChI is InChI=1S/C16H19N3O2/c1-10-7-5-6-8-14(10)18-15(20)9-19-13(4)17-12(3)11(2)16(19)21/h5-8H,9H2,1-4H3,(H,18,20). The lowest BCUT2D eigenvalue weighted by atomic mass is 10.2. The van der Waals surface area contributed by atoms with E-state index in [1.54, 1.807) is 20.8 Å². The van der Waals surface area contributed by atoms with E-state index in [1.165, 1.54) is 4.57 Å². The second-order valence-electron chi connectivity index (χ2n) is 5.12. The molecule has 5 nitrogen and oxygen atoms in total. The first-order valence-electron chi connectivity index (χ1n) is 6.80. The zero-order valence-electron chi connectivity index (χ0n) is 12.7. The Hall–Kier alpha value is -2.43. The summed E-state index contributed by atoms with van der Waals surface area (Å²) < 4.78 is 1.40. The normalized spacial score (nSPS) is 10.5. The van der Waals surface area contributed by atoms with Crippen LogP contribution in [0.4, 0.5) is 5.69 Å². The molecule has 0 atom stereocenters. The van der Waals surface area contributed by atoms with Crippen LogP contribution in [0.15, 0.2) is 29.1 Å². The molecule has 0 saturated heterocycles. The van der Waals surface area contributed by atoms with E-state index < -0.39 is 0 Å². The number of anilines is 1. The molecule has 110 valence electrons. The van der Waals surface area contributed by atoms with Crippen LogP contribution in [0.5, 0.6) is 0 Å². The second kappa shape index (κ2) is 5.91. The van der Waals surface area contributed by atoms with Crippen molar-refractivity contribution in [2.45, 2.75) is 34.2 Å². The number of nitrogens with zero attached hydrogens (tertiary/aromatic N) is 2. The molecule has 1 N–H and O–H groups in total. The maximum Gasteiger partial charge on any atom is 0.257 e. The molecule has 0 aliphatic heterocycles. The van der Waals surface area contributed by atoms with Gasteiger partial charge >= 0.3 is 0 Å². The van der Waals surface area contributed by atoms with Crippen LogP contribution in [-0.4, -0.2) is 15.5 Å². The molecule has 2 aromatic rings. The van der Waals surface area contributed by atoms with Gasteiger partial charge in [0, 0.05) is 16.9 Å². The van der Waals surface area contributed by atoms with Crippen LogP contribution in [0.1, 0.15) is 22.6 Å². The molecule has 0 aliphatic carbocycles. The van der Waals surface area contributed by atoms with Gasteiger partial charge in [-0.15, -0.1) is 0 Å². The lowest BCUT2D eigenvalue weighted by Gasteiger charge is -2.13. The molecule has 0 radical (unpaired) electrons. The highest BCUT2D eigenvalue weighted by atomic mass is 16.2. The van der Waals surface area contributed by atoms with E-state index in [9.17, 15) is 9.59 Å². The Kier molecular flexibility index (Phi) is 4.21. The molecule has 1 amide bonds. The Morgan fingerprint density at radius 1 is 1.19 bits per heavy atom. The number of aromatic nitrogens is 2. The fourth-order valence-electron chi connectivity index (χ4n) is 2.12. The Labute approximate surface area is 123 Å². The van der Waals surface area contributed by atoms with Gasteiger partial charge < -0.3 is 5.32 Å². The maximum absolute atomic E-state index is 12.2. The Morgan fingerprint density at radius 2 is 1.86 bits per heavy atom. The zero-order valence-corrected chi connectivity index (χ0v) is 12.7. The number of rotatable bonds is 3. The minimum atomic E-state index is -0.237. The van der Waals surface area contributed by atoms with Crippen LogP contribution in [0, 0.1) is 27.7 Å². The Bertz CT molecular complexity index is 748. The molecule has 0 fully saturated rings. The molecule has 0 unspecified atom stereocenters. The summed E-state index contributed by atoms with van der Waals surface area (Å²) in [4.78, 5) is 28.6. The first-order valence-corrected chi connectivity index (χ1v) is 6.80. The average molecular weight is 285 g/mol. The molecule has 2 rings (SSSR count). The fraction of sp³-hybridized carbons (Fsp3) is 0.312. The van der Waals surface area contributed by atoms with E-state index in [0.29, 0.717) is 17.1 Å². The van der Waals surface area contributed by atoms with Crippen molar-refractivity contribution in [3.63, 3.8) is 0 Å². The van der Waals surface area contributed by atoms with Gasteiger partial charge in [0.25, 0.3) is 5.56 Å². The van der Waals surface area contributed by atoms with Crippen LogP contribution >= 0.6 is 0 Å². The van der Waals surface area contributed by atoms with Crippen molar-refractivity contribution in [1.29, 1.82) is 0 Å². The molecule has 0 bridgehead atoms. The van der Waals surface area contributed by atoms with Crippen molar-refractivity contribution in [2.75, 3.05) is 5.32 Å². The van der Waals surface area contributed by atoms with E-state index >= 15 is 0 Å². The third kappa shape index (κ3) is 3.18. The van der Waals surface area contributed by atoms with E-state index in [2.05, 4.69) is 10.3 Å². The largest absolute Gasteiger partial charge is 0.324 e. The smallest absolute Gasteiger partial charge is 0.257 e. The fourth-order valence-corrected chi connectivity index (χ4v) is 2.12. The SMILES string of the molecule is Cc1ccccc1NC(=O)Cn1c(C)nc(C)c(C)c1=O. The molecule has 1 aromatic carbocycles.